The van der Waals surface area contributed by atoms with Gasteiger partial charge >= 0.3 is 0 Å². The number of hydrogen-bond donors (Lipinski definition) is 1. The Morgan fingerprint density at radius 3 is 2.41 bits per heavy atom. The van der Waals surface area contributed by atoms with Crippen LogP contribution in [0, 0.1) is 11.3 Å². The maximum absolute atomic E-state index is 9.23. The van der Waals surface area contributed by atoms with E-state index in [2.05, 4.69) is 23.5 Å². The van der Waals surface area contributed by atoms with Gasteiger partial charge in [-0.25, -0.2) is 0 Å². The van der Waals surface area contributed by atoms with Gasteiger partial charge in [0.2, 0.25) is 0 Å². The van der Waals surface area contributed by atoms with Crippen molar-refractivity contribution in [2.75, 3.05) is 0 Å². The highest BCUT2D eigenvalue weighted by Crippen LogP contribution is 2.39. The van der Waals surface area contributed by atoms with Gasteiger partial charge in [0.1, 0.15) is 0 Å². The predicted octanol–water partition coefficient (Wildman–Crippen LogP) is 4.77. The zero-order valence-electron chi connectivity index (χ0n) is 12.5. The molecule has 22 heavy (non-hydrogen) atoms. The summed E-state index contributed by atoms with van der Waals surface area (Å²) in [6, 6.07) is 18.2. The molecule has 0 aromatic heterocycles. The molecule has 2 nitrogen and oxygen atoms in total. The fraction of sp³-hybridized carbons (Fsp3) is 0.316. The van der Waals surface area contributed by atoms with Crippen molar-refractivity contribution in [1.29, 1.82) is 5.26 Å². The largest absolute Gasteiger partial charge is 0.303 e. The summed E-state index contributed by atoms with van der Waals surface area (Å²) in [6.45, 7) is 0.715. The molecule has 1 fully saturated rings. The van der Waals surface area contributed by atoms with Crippen LogP contribution in [-0.4, -0.2) is 0 Å². The van der Waals surface area contributed by atoms with Crippen LogP contribution in [0.4, 0.5) is 0 Å². The molecule has 0 atom stereocenters. The number of nitrogens with zero attached hydrogens (tertiary/aromatic N) is 1. The van der Waals surface area contributed by atoms with E-state index in [9.17, 15) is 5.26 Å². The molecular formula is C19H19ClN2. The second-order valence-electron chi connectivity index (χ2n) is 5.92. The molecule has 1 aliphatic rings. The Balaban J connectivity index is 1.83. The van der Waals surface area contributed by atoms with Crippen LogP contribution in [-0.2, 0) is 12.1 Å². The maximum Gasteiger partial charge on any atom is 0.0995 e. The molecule has 0 saturated heterocycles. The van der Waals surface area contributed by atoms with Crippen LogP contribution in [0.3, 0.4) is 0 Å². The van der Waals surface area contributed by atoms with Gasteiger partial charge in [-0.05, 0) is 42.2 Å². The van der Waals surface area contributed by atoms with E-state index in [4.69, 9.17) is 11.6 Å². The summed E-state index contributed by atoms with van der Waals surface area (Å²) in [4.78, 5) is 0. The lowest BCUT2D eigenvalue weighted by atomic mass is 9.87. The summed E-state index contributed by atoms with van der Waals surface area (Å²) in [6.07, 6.45) is 4.72. The van der Waals surface area contributed by atoms with Gasteiger partial charge in [-0.15, -0.1) is 0 Å². The molecule has 0 aliphatic heterocycles. The summed E-state index contributed by atoms with van der Waals surface area (Å²) < 4.78 is 0. The van der Waals surface area contributed by atoms with Crippen LogP contribution >= 0.6 is 11.6 Å². The standard InChI is InChI=1S/C19H19ClN2/c20-18-9-7-17(8-10-18)19(11-3-4-12-19)22-14-16-6-2-1-5-15(16)13-21/h1-2,5-10,22H,3-4,11-12,14H2. The van der Waals surface area contributed by atoms with Gasteiger partial charge in [0, 0.05) is 17.1 Å². The second kappa shape index (κ2) is 6.52. The highest BCUT2D eigenvalue weighted by Gasteiger charge is 2.35. The Hall–Kier alpha value is -1.82. The summed E-state index contributed by atoms with van der Waals surface area (Å²) in [7, 11) is 0. The number of halogens is 1. The summed E-state index contributed by atoms with van der Waals surface area (Å²) >= 11 is 6.02. The molecule has 0 unspecified atom stereocenters. The molecule has 1 saturated carbocycles. The van der Waals surface area contributed by atoms with Gasteiger partial charge in [0.25, 0.3) is 0 Å². The molecular weight excluding hydrogens is 292 g/mol. The first-order valence-electron chi connectivity index (χ1n) is 7.73. The molecule has 2 aromatic rings. The van der Waals surface area contributed by atoms with Gasteiger partial charge in [-0.2, -0.15) is 5.26 Å². The summed E-state index contributed by atoms with van der Waals surface area (Å²) in [5, 5.41) is 13.7. The van der Waals surface area contributed by atoms with Gasteiger partial charge in [-0.1, -0.05) is 54.8 Å². The Labute approximate surface area is 136 Å². The van der Waals surface area contributed by atoms with Crippen LogP contribution < -0.4 is 5.32 Å². The van der Waals surface area contributed by atoms with E-state index < -0.39 is 0 Å². The third-order valence-electron chi connectivity index (χ3n) is 4.61. The Morgan fingerprint density at radius 1 is 1.05 bits per heavy atom. The van der Waals surface area contributed by atoms with E-state index in [1.807, 2.05) is 36.4 Å². The van der Waals surface area contributed by atoms with Gasteiger partial charge in [-0.3, -0.25) is 0 Å². The first-order valence-corrected chi connectivity index (χ1v) is 8.10. The zero-order chi connectivity index (χ0) is 15.4. The number of benzene rings is 2. The Kier molecular flexibility index (Phi) is 4.47. The topological polar surface area (TPSA) is 35.8 Å². The fourth-order valence-corrected chi connectivity index (χ4v) is 3.49. The third kappa shape index (κ3) is 3.02. The maximum atomic E-state index is 9.23. The van der Waals surface area contributed by atoms with Crippen molar-refractivity contribution >= 4 is 11.6 Å². The van der Waals surface area contributed by atoms with Crippen LogP contribution in [0.1, 0.15) is 42.4 Å². The lowest BCUT2D eigenvalue weighted by molar-refractivity contribution is 0.338. The number of rotatable bonds is 4. The van der Waals surface area contributed by atoms with Gasteiger partial charge in [0.05, 0.1) is 11.6 Å². The smallest absolute Gasteiger partial charge is 0.0995 e. The molecule has 0 spiro atoms. The predicted molar refractivity (Wildman–Crippen MR) is 89.6 cm³/mol. The zero-order valence-corrected chi connectivity index (χ0v) is 13.2. The molecule has 0 bridgehead atoms. The first-order chi connectivity index (χ1) is 10.7. The number of nitriles is 1. The van der Waals surface area contributed by atoms with Gasteiger partial charge < -0.3 is 5.32 Å². The Morgan fingerprint density at radius 2 is 1.73 bits per heavy atom. The molecule has 1 N–H and O–H groups in total. The molecule has 112 valence electrons. The van der Waals surface area contributed by atoms with Crippen molar-refractivity contribution in [2.24, 2.45) is 0 Å². The quantitative estimate of drug-likeness (QED) is 0.883. The monoisotopic (exact) mass is 310 g/mol. The van der Waals surface area contributed by atoms with E-state index in [1.165, 1.54) is 18.4 Å². The van der Waals surface area contributed by atoms with Gasteiger partial charge in [0.15, 0.2) is 0 Å². The molecule has 3 rings (SSSR count). The SMILES string of the molecule is N#Cc1ccccc1CNC1(c2ccc(Cl)cc2)CCCC1. The fourth-order valence-electron chi connectivity index (χ4n) is 3.36. The van der Waals surface area contributed by atoms with Crippen molar-refractivity contribution in [3.05, 3.63) is 70.2 Å². The summed E-state index contributed by atoms with van der Waals surface area (Å²) in [5.74, 6) is 0. The average Bonchev–Trinajstić information content (AvgIpc) is 3.04. The molecule has 0 heterocycles. The van der Waals surface area contributed by atoms with Crippen molar-refractivity contribution in [3.8, 4) is 6.07 Å². The normalized spacial score (nSPS) is 16.4. The average molecular weight is 311 g/mol. The molecule has 3 heteroatoms. The Bertz CT molecular complexity index is 679. The van der Waals surface area contributed by atoms with E-state index >= 15 is 0 Å². The van der Waals surface area contributed by atoms with Crippen LogP contribution in [0.2, 0.25) is 5.02 Å². The lowest BCUT2D eigenvalue weighted by Gasteiger charge is -2.31. The van der Waals surface area contributed by atoms with Crippen molar-refractivity contribution in [3.63, 3.8) is 0 Å². The van der Waals surface area contributed by atoms with E-state index in [1.54, 1.807) is 0 Å². The minimum atomic E-state index is 0.00710. The number of nitrogens with one attached hydrogen (secondary N) is 1. The molecule has 0 radical (unpaired) electrons. The third-order valence-corrected chi connectivity index (χ3v) is 4.86. The minimum Gasteiger partial charge on any atom is -0.303 e. The molecule has 1 aliphatic carbocycles. The minimum absolute atomic E-state index is 0.00710. The van der Waals surface area contributed by atoms with E-state index in [0.29, 0.717) is 6.54 Å². The molecule has 2 aromatic carbocycles. The first kappa shape index (κ1) is 15.1. The van der Waals surface area contributed by atoms with Crippen molar-refractivity contribution in [2.45, 2.75) is 37.8 Å². The van der Waals surface area contributed by atoms with Crippen LogP contribution in [0.15, 0.2) is 48.5 Å². The summed E-state index contributed by atoms with van der Waals surface area (Å²) in [5.41, 5.74) is 3.11. The van der Waals surface area contributed by atoms with Crippen LogP contribution in [0.25, 0.3) is 0 Å². The van der Waals surface area contributed by atoms with Crippen molar-refractivity contribution < 1.29 is 0 Å². The highest BCUT2D eigenvalue weighted by molar-refractivity contribution is 6.30. The van der Waals surface area contributed by atoms with E-state index in [0.717, 1.165) is 29.0 Å². The highest BCUT2D eigenvalue weighted by atomic mass is 35.5. The van der Waals surface area contributed by atoms with E-state index in [-0.39, 0.29) is 5.54 Å². The van der Waals surface area contributed by atoms with Crippen LogP contribution in [0.5, 0.6) is 0 Å². The van der Waals surface area contributed by atoms with Crippen molar-refractivity contribution in [1.82, 2.24) is 5.32 Å². The lowest BCUT2D eigenvalue weighted by Crippen LogP contribution is -2.39. The number of hydrogen-bond acceptors (Lipinski definition) is 2. The molecule has 0 amide bonds. The second-order valence-corrected chi connectivity index (χ2v) is 6.36.